The first-order valence-electron chi connectivity index (χ1n) is 5.58. The van der Waals surface area contributed by atoms with Gasteiger partial charge in [0.15, 0.2) is 0 Å². The van der Waals surface area contributed by atoms with E-state index in [9.17, 15) is 8.42 Å². The summed E-state index contributed by atoms with van der Waals surface area (Å²) in [5.41, 5.74) is 2.37. The Morgan fingerprint density at radius 1 is 1.56 bits per heavy atom. The maximum atomic E-state index is 12.4. The maximum Gasteiger partial charge on any atom is 0.244 e. The monoisotopic (exact) mass is 288 g/mol. The van der Waals surface area contributed by atoms with Crippen molar-refractivity contribution in [1.82, 2.24) is 9.29 Å². The summed E-state index contributed by atoms with van der Waals surface area (Å²) >= 11 is 1.78. The second-order valence-corrected chi connectivity index (χ2v) is 7.10. The summed E-state index contributed by atoms with van der Waals surface area (Å²) in [5.74, 6) is 7.30. The Morgan fingerprint density at radius 3 is 2.89 bits per heavy atom. The van der Waals surface area contributed by atoms with Crippen LogP contribution in [0.4, 0.5) is 5.82 Å². The van der Waals surface area contributed by atoms with Gasteiger partial charge < -0.3 is 5.43 Å². The van der Waals surface area contributed by atoms with Crippen LogP contribution in [0.5, 0.6) is 0 Å². The van der Waals surface area contributed by atoms with Crippen molar-refractivity contribution in [2.24, 2.45) is 5.84 Å². The molecule has 1 aliphatic heterocycles. The highest BCUT2D eigenvalue weighted by Gasteiger charge is 2.31. The number of nitrogen functional groups attached to an aromatic ring is 1. The molecule has 0 aliphatic carbocycles. The number of thioether (sulfide) groups is 1. The molecule has 0 saturated carbocycles. The molecular weight excluding hydrogens is 272 g/mol. The summed E-state index contributed by atoms with van der Waals surface area (Å²) in [6.45, 7) is 2.47. The minimum atomic E-state index is -3.45. The lowest BCUT2D eigenvalue weighted by Gasteiger charge is -2.31. The van der Waals surface area contributed by atoms with Gasteiger partial charge in [-0.1, -0.05) is 0 Å². The van der Waals surface area contributed by atoms with Crippen LogP contribution in [0.25, 0.3) is 0 Å². The summed E-state index contributed by atoms with van der Waals surface area (Å²) in [6, 6.07) is 3.09. The van der Waals surface area contributed by atoms with Crippen LogP contribution in [0.3, 0.4) is 0 Å². The molecule has 2 rings (SSSR count). The van der Waals surface area contributed by atoms with Crippen LogP contribution in [0.15, 0.2) is 23.2 Å². The third-order valence-corrected chi connectivity index (χ3v) is 5.98. The minimum Gasteiger partial charge on any atom is -0.308 e. The summed E-state index contributed by atoms with van der Waals surface area (Å²) in [5, 5.41) is 0. The van der Waals surface area contributed by atoms with Gasteiger partial charge in [-0.25, -0.2) is 19.2 Å². The topological polar surface area (TPSA) is 88.3 Å². The van der Waals surface area contributed by atoms with Crippen molar-refractivity contribution < 1.29 is 8.42 Å². The van der Waals surface area contributed by atoms with Crippen molar-refractivity contribution in [1.29, 1.82) is 0 Å². The number of anilines is 1. The number of rotatable bonds is 3. The molecule has 0 aromatic carbocycles. The highest BCUT2D eigenvalue weighted by Crippen LogP contribution is 2.24. The Morgan fingerprint density at radius 2 is 2.33 bits per heavy atom. The predicted molar refractivity (Wildman–Crippen MR) is 72.7 cm³/mol. The molecule has 1 aromatic rings. The van der Waals surface area contributed by atoms with Gasteiger partial charge in [-0.2, -0.15) is 16.1 Å². The third kappa shape index (κ3) is 2.61. The fourth-order valence-corrected chi connectivity index (χ4v) is 4.62. The first-order valence-corrected chi connectivity index (χ1v) is 8.17. The second-order valence-electron chi connectivity index (χ2n) is 4.06. The van der Waals surface area contributed by atoms with Gasteiger partial charge in [0.05, 0.1) is 0 Å². The predicted octanol–water partition coefficient (Wildman–Crippen LogP) is 0.493. The molecule has 18 heavy (non-hydrogen) atoms. The van der Waals surface area contributed by atoms with Gasteiger partial charge in [0, 0.05) is 30.3 Å². The number of sulfonamides is 1. The molecule has 0 amide bonds. The molecule has 1 unspecified atom stereocenters. The van der Waals surface area contributed by atoms with Crippen LogP contribution in [-0.2, 0) is 10.0 Å². The summed E-state index contributed by atoms with van der Waals surface area (Å²) in [6.07, 6.45) is 1.33. The Hall–Kier alpha value is -0.830. The van der Waals surface area contributed by atoms with Gasteiger partial charge in [0.1, 0.15) is 10.7 Å². The lowest BCUT2D eigenvalue weighted by atomic mass is 10.4. The smallest absolute Gasteiger partial charge is 0.244 e. The van der Waals surface area contributed by atoms with E-state index in [4.69, 9.17) is 5.84 Å². The van der Waals surface area contributed by atoms with E-state index in [1.807, 2.05) is 6.92 Å². The number of hydrogen-bond donors (Lipinski definition) is 2. The molecule has 1 aromatic heterocycles. The molecule has 1 atom stereocenters. The van der Waals surface area contributed by atoms with E-state index in [1.54, 1.807) is 17.8 Å². The van der Waals surface area contributed by atoms with Gasteiger partial charge in [0.25, 0.3) is 0 Å². The van der Waals surface area contributed by atoms with E-state index in [2.05, 4.69) is 10.4 Å². The van der Waals surface area contributed by atoms with Crippen molar-refractivity contribution in [2.75, 3.05) is 23.5 Å². The fraction of sp³-hybridized carbons (Fsp3) is 0.500. The summed E-state index contributed by atoms with van der Waals surface area (Å²) < 4.78 is 26.4. The lowest BCUT2D eigenvalue weighted by Crippen LogP contribution is -2.44. The van der Waals surface area contributed by atoms with Crippen LogP contribution >= 0.6 is 11.8 Å². The van der Waals surface area contributed by atoms with Crippen LogP contribution < -0.4 is 11.3 Å². The molecule has 6 nitrogen and oxygen atoms in total. The van der Waals surface area contributed by atoms with Crippen molar-refractivity contribution in [3.63, 3.8) is 0 Å². The highest BCUT2D eigenvalue weighted by molar-refractivity contribution is 7.99. The van der Waals surface area contributed by atoms with Crippen LogP contribution in [0, 0.1) is 0 Å². The van der Waals surface area contributed by atoms with Crippen molar-refractivity contribution in [3.8, 4) is 0 Å². The Balaban J connectivity index is 2.28. The number of nitrogens with zero attached hydrogens (tertiary/aromatic N) is 2. The van der Waals surface area contributed by atoms with Crippen LogP contribution in [0.1, 0.15) is 6.92 Å². The van der Waals surface area contributed by atoms with E-state index in [1.165, 1.54) is 16.6 Å². The number of aromatic nitrogens is 1. The van der Waals surface area contributed by atoms with E-state index in [-0.39, 0.29) is 10.9 Å². The molecule has 0 spiro atoms. The lowest BCUT2D eigenvalue weighted by molar-refractivity contribution is 0.367. The quantitative estimate of drug-likeness (QED) is 0.622. The minimum absolute atomic E-state index is 0.0149. The zero-order valence-corrected chi connectivity index (χ0v) is 11.7. The largest absolute Gasteiger partial charge is 0.308 e. The van der Waals surface area contributed by atoms with Gasteiger partial charge in [-0.3, -0.25) is 0 Å². The van der Waals surface area contributed by atoms with E-state index in [0.717, 1.165) is 11.5 Å². The highest BCUT2D eigenvalue weighted by atomic mass is 32.2. The van der Waals surface area contributed by atoms with Crippen LogP contribution in [-0.4, -0.2) is 41.8 Å². The number of pyridine rings is 1. The van der Waals surface area contributed by atoms with E-state index in [0.29, 0.717) is 12.4 Å². The molecule has 100 valence electrons. The standard InChI is InChI=1S/C10H16N4O2S2/c1-8-7-17-5-4-14(8)18(15,16)9-2-3-10(13-11)12-6-9/h2-3,6,8H,4-5,7,11H2,1H3,(H,12,13). The van der Waals surface area contributed by atoms with Gasteiger partial charge in [0.2, 0.25) is 10.0 Å². The third-order valence-electron chi connectivity index (χ3n) is 2.80. The maximum absolute atomic E-state index is 12.4. The van der Waals surface area contributed by atoms with Gasteiger partial charge >= 0.3 is 0 Å². The number of nitrogens with two attached hydrogens (primary N) is 1. The van der Waals surface area contributed by atoms with Crippen molar-refractivity contribution in [3.05, 3.63) is 18.3 Å². The van der Waals surface area contributed by atoms with Gasteiger partial charge in [-0.15, -0.1) is 0 Å². The first-order chi connectivity index (χ1) is 8.55. The normalized spacial score (nSPS) is 21.8. The molecule has 0 bridgehead atoms. The van der Waals surface area contributed by atoms with E-state index < -0.39 is 10.0 Å². The first kappa shape index (κ1) is 13.6. The summed E-state index contributed by atoms with van der Waals surface area (Å²) in [4.78, 5) is 4.14. The van der Waals surface area contributed by atoms with Crippen molar-refractivity contribution in [2.45, 2.75) is 17.9 Å². The van der Waals surface area contributed by atoms with Crippen molar-refractivity contribution >= 4 is 27.6 Å². The Labute approximate surface area is 111 Å². The molecule has 1 aliphatic rings. The molecule has 3 N–H and O–H groups in total. The average molecular weight is 288 g/mol. The molecule has 8 heteroatoms. The molecule has 1 saturated heterocycles. The van der Waals surface area contributed by atoms with E-state index >= 15 is 0 Å². The van der Waals surface area contributed by atoms with Crippen LogP contribution in [0.2, 0.25) is 0 Å². The Bertz CT molecular complexity index is 503. The fourth-order valence-electron chi connectivity index (χ4n) is 1.82. The van der Waals surface area contributed by atoms with Gasteiger partial charge in [-0.05, 0) is 19.1 Å². The molecule has 1 fully saturated rings. The number of hydrogen-bond acceptors (Lipinski definition) is 6. The molecule has 2 heterocycles. The Kier molecular flexibility index (Phi) is 4.10. The SMILES string of the molecule is CC1CSCCN1S(=O)(=O)c1ccc(NN)nc1. The molecule has 0 radical (unpaired) electrons. The second kappa shape index (κ2) is 5.43. The number of hydrazine groups is 1. The zero-order valence-electron chi connectivity index (χ0n) is 10.0. The number of nitrogens with one attached hydrogen (secondary N) is 1. The zero-order chi connectivity index (χ0) is 13.2. The molecular formula is C10H16N4O2S2. The summed E-state index contributed by atoms with van der Waals surface area (Å²) in [7, 11) is -3.45. The average Bonchev–Trinajstić information content (AvgIpc) is 2.39.